The third-order valence-electron chi connectivity index (χ3n) is 9.88. The summed E-state index contributed by atoms with van der Waals surface area (Å²) in [4.78, 5) is 52.5. The van der Waals surface area contributed by atoms with Gasteiger partial charge in [-0.1, -0.05) is 90.9 Å². The third-order valence-corrected chi connectivity index (χ3v) is 9.88. The van der Waals surface area contributed by atoms with Crippen LogP contribution in [-0.2, 0) is 33.4 Å². The Morgan fingerprint density at radius 3 is 1.70 bits per heavy atom. The van der Waals surface area contributed by atoms with Gasteiger partial charge in [-0.2, -0.15) is 0 Å². The fourth-order valence-electron chi connectivity index (χ4n) is 7.07. The van der Waals surface area contributed by atoms with Crippen LogP contribution in [0, 0.1) is 11.3 Å². The lowest BCUT2D eigenvalue weighted by atomic mass is 9.55. The molecular weight excluding hydrogens is 550 g/mol. The predicted molar refractivity (Wildman–Crippen MR) is 165 cm³/mol. The number of amides is 1. The largest absolute Gasteiger partial charge is 0.469 e. The minimum absolute atomic E-state index is 0.0218. The molecule has 5 atom stereocenters. The van der Waals surface area contributed by atoms with Crippen molar-refractivity contribution in [1.29, 1.82) is 0 Å². The van der Waals surface area contributed by atoms with Crippen molar-refractivity contribution in [3.63, 3.8) is 0 Å². The van der Waals surface area contributed by atoms with Gasteiger partial charge in [-0.3, -0.25) is 19.2 Å². The zero-order valence-electron chi connectivity index (χ0n) is 27.6. The molecule has 1 saturated carbocycles. The van der Waals surface area contributed by atoms with E-state index in [1.807, 2.05) is 0 Å². The van der Waals surface area contributed by atoms with Gasteiger partial charge in [0.25, 0.3) is 0 Å². The van der Waals surface area contributed by atoms with E-state index in [-0.39, 0.29) is 50.6 Å². The number of fused-ring (bicyclic) bond motifs is 1. The first-order chi connectivity index (χ1) is 20.5. The van der Waals surface area contributed by atoms with Crippen LogP contribution >= 0.6 is 0 Å². The Kier molecular flexibility index (Phi) is 15.5. The van der Waals surface area contributed by atoms with Crippen LogP contribution in [0.1, 0.15) is 150 Å². The number of esters is 3. The number of carbonyl (C=O) groups is 4. The SMILES string of the molecule is CCCCCCCCCC(=O)O[C@]1(C)C[C@]2(CC(=O)OC)C(=O)N[C@H](CO)[C@@H]2C[C@]1(C)OC(=O)CCCCCCCCC. The number of rotatable bonds is 21. The highest BCUT2D eigenvalue weighted by molar-refractivity contribution is 5.90. The molecule has 0 radical (unpaired) electrons. The Morgan fingerprint density at radius 1 is 0.767 bits per heavy atom. The number of methoxy groups -OCH3 is 1. The first-order valence-electron chi connectivity index (χ1n) is 16.9. The van der Waals surface area contributed by atoms with Crippen LogP contribution in [0.5, 0.6) is 0 Å². The highest BCUT2D eigenvalue weighted by Crippen LogP contribution is 2.58. The van der Waals surface area contributed by atoms with Crippen LogP contribution in [-0.4, -0.2) is 59.9 Å². The number of unbranched alkanes of at least 4 members (excludes halogenated alkanes) is 12. The molecule has 0 unspecified atom stereocenters. The van der Waals surface area contributed by atoms with Crippen molar-refractivity contribution in [2.45, 2.75) is 167 Å². The average Bonchev–Trinajstić information content (AvgIpc) is 3.21. The predicted octanol–water partition coefficient (Wildman–Crippen LogP) is 6.32. The van der Waals surface area contributed by atoms with Gasteiger partial charge >= 0.3 is 17.9 Å². The fourth-order valence-corrected chi connectivity index (χ4v) is 7.07. The lowest BCUT2D eigenvalue weighted by Crippen LogP contribution is -2.65. The highest BCUT2D eigenvalue weighted by Gasteiger charge is 2.69. The van der Waals surface area contributed by atoms with Crippen molar-refractivity contribution < 1.29 is 38.5 Å². The van der Waals surface area contributed by atoms with Crippen molar-refractivity contribution >= 4 is 23.8 Å². The maximum Gasteiger partial charge on any atom is 0.306 e. The van der Waals surface area contributed by atoms with Gasteiger partial charge in [0.2, 0.25) is 5.91 Å². The van der Waals surface area contributed by atoms with Crippen molar-refractivity contribution in [3.05, 3.63) is 0 Å². The number of aliphatic hydroxyl groups excluding tert-OH is 1. The zero-order chi connectivity index (χ0) is 31.9. The molecule has 1 aliphatic heterocycles. The topological polar surface area (TPSA) is 128 Å². The van der Waals surface area contributed by atoms with E-state index in [4.69, 9.17) is 14.2 Å². The van der Waals surface area contributed by atoms with E-state index in [0.29, 0.717) is 12.8 Å². The second-order valence-electron chi connectivity index (χ2n) is 13.3. The molecule has 2 aliphatic rings. The minimum Gasteiger partial charge on any atom is -0.469 e. The smallest absolute Gasteiger partial charge is 0.306 e. The quantitative estimate of drug-likeness (QED) is 0.0879. The first kappa shape index (κ1) is 37.0. The molecule has 2 rings (SSSR count). The summed E-state index contributed by atoms with van der Waals surface area (Å²) in [5.74, 6) is -2.24. The molecule has 9 heteroatoms. The minimum atomic E-state index is -1.37. The van der Waals surface area contributed by atoms with Crippen molar-refractivity contribution in [3.8, 4) is 0 Å². The number of ether oxygens (including phenoxy) is 3. The molecule has 248 valence electrons. The van der Waals surface area contributed by atoms with E-state index in [0.717, 1.165) is 38.5 Å². The summed E-state index contributed by atoms with van der Waals surface area (Å²) >= 11 is 0. The van der Waals surface area contributed by atoms with Gasteiger partial charge in [-0.15, -0.1) is 0 Å². The summed E-state index contributed by atoms with van der Waals surface area (Å²) in [6.07, 6.45) is 15.3. The van der Waals surface area contributed by atoms with Crippen molar-refractivity contribution in [2.24, 2.45) is 11.3 Å². The van der Waals surface area contributed by atoms with Gasteiger partial charge < -0.3 is 24.6 Å². The molecule has 0 spiro atoms. The molecule has 1 heterocycles. The lowest BCUT2D eigenvalue weighted by molar-refractivity contribution is -0.236. The molecule has 2 fully saturated rings. The van der Waals surface area contributed by atoms with E-state index in [2.05, 4.69) is 19.2 Å². The first-order valence-corrected chi connectivity index (χ1v) is 16.9. The van der Waals surface area contributed by atoms with Crippen molar-refractivity contribution in [1.82, 2.24) is 5.32 Å². The standard InChI is InChI=1S/C34H59NO8/c1-6-8-10-12-14-16-18-20-28(37)42-32(3)22-26-27(24-36)35-31(40)34(26,23-30(39)41-5)25-33(32,4)43-29(38)21-19-17-15-13-11-9-7-2/h26-27,36H,6-25H2,1-5H3,(H,35,40)/t26-,27+,32-,33+,34-/m0/s1. The van der Waals surface area contributed by atoms with E-state index in [1.165, 1.54) is 45.6 Å². The Hall–Kier alpha value is -2.16. The lowest BCUT2D eigenvalue weighted by Gasteiger charge is -2.55. The number of nitrogens with one attached hydrogen (secondary N) is 1. The molecule has 1 amide bonds. The average molecular weight is 610 g/mol. The summed E-state index contributed by atoms with van der Waals surface area (Å²) < 4.78 is 17.3. The molecule has 1 saturated heterocycles. The summed E-state index contributed by atoms with van der Waals surface area (Å²) in [5, 5.41) is 13.0. The Bertz CT molecular complexity index is 909. The molecule has 1 aliphatic carbocycles. The monoisotopic (exact) mass is 609 g/mol. The van der Waals surface area contributed by atoms with E-state index in [1.54, 1.807) is 13.8 Å². The third kappa shape index (κ3) is 10.2. The summed E-state index contributed by atoms with van der Waals surface area (Å²) in [7, 11) is 1.27. The van der Waals surface area contributed by atoms with Gasteiger partial charge in [-0.05, 0) is 33.1 Å². The molecular formula is C34H59NO8. The fraction of sp³-hybridized carbons (Fsp3) is 0.882. The molecule has 9 nitrogen and oxygen atoms in total. The maximum atomic E-state index is 13.5. The Labute approximate surface area is 259 Å². The summed E-state index contributed by atoms with van der Waals surface area (Å²) in [6, 6.07) is -0.619. The Balaban J connectivity index is 2.21. The van der Waals surface area contributed by atoms with Crippen molar-refractivity contribution in [2.75, 3.05) is 13.7 Å². The molecule has 0 bridgehead atoms. The van der Waals surface area contributed by atoms with Crippen LogP contribution < -0.4 is 5.32 Å². The zero-order valence-corrected chi connectivity index (χ0v) is 27.6. The normalized spacial score (nSPS) is 28.2. The van der Waals surface area contributed by atoms with Crippen LogP contribution in [0.3, 0.4) is 0 Å². The number of aliphatic hydroxyl groups is 1. The molecule has 43 heavy (non-hydrogen) atoms. The van der Waals surface area contributed by atoms with Gasteiger partial charge in [-0.25, -0.2) is 0 Å². The molecule has 0 aromatic carbocycles. The number of hydrogen-bond acceptors (Lipinski definition) is 8. The van der Waals surface area contributed by atoms with Crippen LogP contribution in [0.4, 0.5) is 0 Å². The number of hydrogen-bond donors (Lipinski definition) is 2. The maximum absolute atomic E-state index is 13.5. The second kappa shape index (κ2) is 18.0. The molecule has 2 N–H and O–H groups in total. The Morgan fingerprint density at radius 2 is 1.23 bits per heavy atom. The van der Waals surface area contributed by atoms with E-state index in [9.17, 15) is 24.3 Å². The van der Waals surface area contributed by atoms with Gasteiger partial charge in [0, 0.05) is 25.2 Å². The van der Waals surface area contributed by atoms with Gasteiger partial charge in [0.05, 0.1) is 31.6 Å². The van der Waals surface area contributed by atoms with Crippen LogP contribution in [0.15, 0.2) is 0 Å². The second-order valence-corrected chi connectivity index (χ2v) is 13.3. The summed E-state index contributed by atoms with van der Waals surface area (Å²) in [5.41, 5.74) is -3.89. The number of carbonyl (C=O) groups excluding carboxylic acids is 4. The van der Waals surface area contributed by atoms with E-state index >= 15 is 0 Å². The van der Waals surface area contributed by atoms with E-state index < -0.39 is 40.5 Å². The van der Waals surface area contributed by atoms with Gasteiger partial charge in [0.1, 0.15) is 11.2 Å². The van der Waals surface area contributed by atoms with Crippen LogP contribution in [0.25, 0.3) is 0 Å². The van der Waals surface area contributed by atoms with Crippen LogP contribution in [0.2, 0.25) is 0 Å². The van der Waals surface area contributed by atoms with Gasteiger partial charge in [0.15, 0.2) is 0 Å². The molecule has 0 aromatic rings. The summed E-state index contributed by atoms with van der Waals surface area (Å²) in [6.45, 7) is 7.51. The highest BCUT2D eigenvalue weighted by atomic mass is 16.6. The molecule has 0 aromatic heterocycles.